The van der Waals surface area contributed by atoms with Gasteiger partial charge in [-0.3, -0.25) is 0 Å². The molecule has 0 saturated heterocycles. The van der Waals surface area contributed by atoms with E-state index in [0.717, 1.165) is 4.47 Å². The van der Waals surface area contributed by atoms with Gasteiger partial charge in [-0.05, 0) is 56.5 Å². The second-order valence-corrected chi connectivity index (χ2v) is 5.99. The summed E-state index contributed by atoms with van der Waals surface area (Å²) in [6, 6.07) is 13.2. The van der Waals surface area contributed by atoms with Gasteiger partial charge >= 0.3 is 0 Å². The Morgan fingerprint density at radius 2 is 1.79 bits per heavy atom. The standard InChI is InChI=1S/C17H20BrN/c1-11-8-9-12(2)15(10-11)14(4)19-17-7-5-6-16(18)13(17)3/h5-10,14,19H,1-4H3. The Hall–Kier alpha value is -1.28. The Morgan fingerprint density at radius 1 is 1.05 bits per heavy atom. The predicted molar refractivity (Wildman–Crippen MR) is 86.8 cm³/mol. The van der Waals surface area contributed by atoms with E-state index in [9.17, 15) is 0 Å². The Balaban J connectivity index is 2.28. The van der Waals surface area contributed by atoms with E-state index in [1.54, 1.807) is 0 Å². The third kappa shape index (κ3) is 3.19. The zero-order valence-electron chi connectivity index (χ0n) is 11.9. The predicted octanol–water partition coefficient (Wildman–Crippen LogP) is 5.55. The third-order valence-corrected chi connectivity index (χ3v) is 4.40. The maximum atomic E-state index is 3.61. The Bertz CT molecular complexity index is 590. The molecule has 2 aromatic carbocycles. The first-order valence-electron chi connectivity index (χ1n) is 6.58. The monoisotopic (exact) mass is 317 g/mol. The summed E-state index contributed by atoms with van der Waals surface area (Å²) in [4.78, 5) is 0. The van der Waals surface area contributed by atoms with E-state index in [0.29, 0.717) is 6.04 Å². The number of hydrogen-bond donors (Lipinski definition) is 1. The SMILES string of the molecule is Cc1ccc(C)c(C(C)Nc2cccc(Br)c2C)c1. The van der Waals surface area contributed by atoms with Gasteiger partial charge in [-0.15, -0.1) is 0 Å². The summed E-state index contributed by atoms with van der Waals surface area (Å²) in [6.07, 6.45) is 0. The number of halogens is 1. The van der Waals surface area contributed by atoms with Gasteiger partial charge in [-0.1, -0.05) is 45.8 Å². The summed E-state index contributed by atoms with van der Waals surface area (Å²) in [5.41, 5.74) is 6.43. The first-order chi connectivity index (χ1) is 8.99. The van der Waals surface area contributed by atoms with Crippen LogP contribution in [0.3, 0.4) is 0 Å². The lowest BCUT2D eigenvalue weighted by atomic mass is 9.99. The molecule has 0 saturated carbocycles. The fraction of sp³-hybridized carbons (Fsp3) is 0.294. The summed E-state index contributed by atoms with van der Waals surface area (Å²) >= 11 is 3.58. The molecule has 100 valence electrons. The molecule has 0 amide bonds. The van der Waals surface area contributed by atoms with E-state index in [1.807, 2.05) is 0 Å². The molecule has 0 spiro atoms. The molecule has 0 aliphatic rings. The average Bonchev–Trinajstić information content (AvgIpc) is 2.38. The van der Waals surface area contributed by atoms with Crippen molar-refractivity contribution >= 4 is 21.6 Å². The second-order valence-electron chi connectivity index (χ2n) is 5.14. The number of nitrogens with one attached hydrogen (secondary N) is 1. The fourth-order valence-corrected chi connectivity index (χ4v) is 2.67. The van der Waals surface area contributed by atoms with Crippen molar-refractivity contribution < 1.29 is 0 Å². The van der Waals surface area contributed by atoms with E-state index in [2.05, 4.69) is 85.3 Å². The zero-order valence-corrected chi connectivity index (χ0v) is 13.5. The average molecular weight is 318 g/mol. The maximum absolute atomic E-state index is 3.61. The topological polar surface area (TPSA) is 12.0 Å². The number of benzene rings is 2. The Kier molecular flexibility index (Phi) is 4.31. The molecule has 1 nitrogen and oxygen atoms in total. The van der Waals surface area contributed by atoms with E-state index in [1.165, 1.54) is 27.9 Å². The van der Waals surface area contributed by atoms with Gasteiger partial charge in [-0.25, -0.2) is 0 Å². The maximum Gasteiger partial charge on any atom is 0.0488 e. The van der Waals surface area contributed by atoms with Gasteiger partial charge in [0.1, 0.15) is 0 Å². The summed E-state index contributed by atoms with van der Waals surface area (Å²) < 4.78 is 1.14. The van der Waals surface area contributed by atoms with Crippen molar-refractivity contribution in [3.63, 3.8) is 0 Å². The molecule has 2 rings (SSSR count). The molecule has 2 heteroatoms. The van der Waals surface area contributed by atoms with Crippen LogP contribution in [0.1, 0.15) is 35.2 Å². The van der Waals surface area contributed by atoms with E-state index in [-0.39, 0.29) is 0 Å². The minimum Gasteiger partial charge on any atom is -0.378 e. The van der Waals surface area contributed by atoms with Crippen molar-refractivity contribution in [2.24, 2.45) is 0 Å². The van der Waals surface area contributed by atoms with Crippen LogP contribution in [0.5, 0.6) is 0 Å². The van der Waals surface area contributed by atoms with Crippen LogP contribution in [0.2, 0.25) is 0 Å². The normalized spacial score (nSPS) is 12.3. The van der Waals surface area contributed by atoms with Gasteiger partial charge in [0.25, 0.3) is 0 Å². The largest absolute Gasteiger partial charge is 0.378 e. The number of hydrogen-bond acceptors (Lipinski definition) is 1. The zero-order chi connectivity index (χ0) is 14.0. The van der Waals surface area contributed by atoms with Crippen molar-refractivity contribution in [1.29, 1.82) is 0 Å². The Morgan fingerprint density at radius 3 is 2.53 bits per heavy atom. The van der Waals surface area contributed by atoms with Crippen molar-refractivity contribution in [2.75, 3.05) is 5.32 Å². The number of rotatable bonds is 3. The highest BCUT2D eigenvalue weighted by Crippen LogP contribution is 2.28. The Labute approximate surface area is 124 Å². The lowest BCUT2D eigenvalue weighted by Crippen LogP contribution is -2.09. The van der Waals surface area contributed by atoms with Crippen LogP contribution in [0.25, 0.3) is 0 Å². The highest BCUT2D eigenvalue weighted by atomic mass is 79.9. The molecule has 0 fully saturated rings. The molecule has 1 atom stereocenters. The highest BCUT2D eigenvalue weighted by Gasteiger charge is 2.10. The van der Waals surface area contributed by atoms with Gasteiger partial charge in [0.2, 0.25) is 0 Å². The number of aryl methyl sites for hydroxylation is 2. The van der Waals surface area contributed by atoms with Crippen LogP contribution in [-0.2, 0) is 0 Å². The minimum absolute atomic E-state index is 0.299. The second kappa shape index (κ2) is 5.79. The lowest BCUT2D eigenvalue weighted by Gasteiger charge is -2.20. The van der Waals surface area contributed by atoms with Crippen LogP contribution in [0, 0.1) is 20.8 Å². The molecule has 2 aromatic rings. The van der Waals surface area contributed by atoms with Gasteiger partial charge < -0.3 is 5.32 Å². The highest BCUT2D eigenvalue weighted by molar-refractivity contribution is 9.10. The van der Waals surface area contributed by atoms with Crippen molar-refractivity contribution in [2.45, 2.75) is 33.7 Å². The van der Waals surface area contributed by atoms with Crippen LogP contribution in [0.4, 0.5) is 5.69 Å². The number of anilines is 1. The van der Waals surface area contributed by atoms with Gasteiger partial charge in [0, 0.05) is 16.2 Å². The third-order valence-electron chi connectivity index (χ3n) is 3.54. The van der Waals surface area contributed by atoms with Crippen molar-refractivity contribution in [3.05, 3.63) is 63.1 Å². The van der Waals surface area contributed by atoms with Crippen LogP contribution in [0.15, 0.2) is 40.9 Å². The summed E-state index contributed by atoms with van der Waals surface area (Å²) in [5.74, 6) is 0. The molecular weight excluding hydrogens is 298 g/mol. The molecule has 0 aliphatic heterocycles. The molecule has 0 bridgehead atoms. The van der Waals surface area contributed by atoms with E-state index >= 15 is 0 Å². The van der Waals surface area contributed by atoms with E-state index < -0.39 is 0 Å². The first kappa shape index (κ1) is 14.1. The fourth-order valence-electron chi connectivity index (χ4n) is 2.30. The van der Waals surface area contributed by atoms with Gasteiger partial charge in [-0.2, -0.15) is 0 Å². The smallest absolute Gasteiger partial charge is 0.0488 e. The lowest BCUT2D eigenvalue weighted by molar-refractivity contribution is 0.870. The van der Waals surface area contributed by atoms with Gasteiger partial charge in [0.15, 0.2) is 0 Å². The quantitative estimate of drug-likeness (QED) is 0.782. The molecule has 0 radical (unpaired) electrons. The molecule has 19 heavy (non-hydrogen) atoms. The van der Waals surface area contributed by atoms with Crippen LogP contribution in [-0.4, -0.2) is 0 Å². The summed E-state index contributed by atoms with van der Waals surface area (Å²) in [7, 11) is 0. The van der Waals surface area contributed by atoms with Crippen LogP contribution < -0.4 is 5.32 Å². The minimum atomic E-state index is 0.299. The molecule has 0 heterocycles. The summed E-state index contributed by atoms with van der Waals surface area (Å²) in [6.45, 7) is 8.64. The molecule has 0 aliphatic carbocycles. The van der Waals surface area contributed by atoms with E-state index in [4.69, 9.17) is 0 Å². The van der Waals surface area contributed by atoms with Crippen LogP contribution >= 0.6 is 15.9 Å². The molecule has 0 aromatic heterocycles. The van der Waals surface area contributed by atoms with Crippen molar-refractivity contribution in [3.8, 4) is 0 Å². The molecule has 1 N–H and O–H groups in total. The molecular formula is C17H20BrN. The van der Waals surface area contributed by atoms with Crippen molar-refractivity contribution in [1.82, 2.24) is 0 Å². The first-order valence-corrected chi connectivity index (χ1v) is 7.37. The summed E-state index contributed by atoms with van der Waals surface area (Å²) in [5, 5.41) is 3.61. The molecule has 1 unspecified atom stereocenters. The van der Waals surface area contributed by atoms with Gasteiger partial charge in [0.05, 0.1) is 0 Å².